The van der Waals surface area contributed by atoms with Gasteiger partial charge in [-0.3, -0.25) is 0 Å². The Balaban J connectivity index is 0.000000191. The predicted molar refractivity (Wildman–Crippen MR) is 87.8 cm³/mol. The van der Waals surface area contributed by atoms with E-state index in [1.54, 1.807) is 0 Å². The molecule has 0 amide bonds. The van der Waals surface area contributed by atoms with Gasteiger partial charge < -0.3 is 0 Å². The molecule has 0 bridgehead atoms. The molecule has 4 heteroatoms. The van der Waals surface area contributed by atoms with Gasteiger partial charge in [0.05, 0.1) is 22.1 Å². The van der Waals surface area contributed by atoms with Gasteiger partial charge in [-0.15, -0.1) is 0 Å². The van der Waals surface area contributed by atoms with Crippen molar-refractivity contribution in [3.05, 3.63) is 29.8 Å². The molecule has 0 N–H and O–H groups in total. The summed E-state index contributed by atoms with van der Waals surface area (Å²) in [6.45, 7) is 2.02. The minimum Gasteiger partial charge on any atom is -0.229 e. The first-order chi connectivity index (χ1) is 9.26. The maximum Gasteiger partial charge on any atom is 0.0742 e. The minimum atomic E-state index is 0.510. The van der Waals surface area contributed by atoms with Crippen LogP contribution in [-0.2, 0) is 0 Å². The summed E-state index contributed by atoms with van der Waals surface area (Å²) >= 11 is 8.98. The van der Waals surface area contributed by atoms with Crippen LogP contribution in [-0.4, -0.2) is 16.4 Å². The molecule has 1 aromatic rings. The lowest BCUT2D eigenvalue weighted by molar-refractivity contribution is 0.445. The molecule has 1 saturated carbocycles. The molecule has 0 aliphatic heterocycles. The fraction of sp³-hybridized carbons (Fsp3) is 0.467. The van der Waals surface area contributed by atoms with Crippen LogP contribution in [0, 0.1) is 6.92 Å². The van der Waals surface area contributed by atoms with Crippen LogP contribution < -0.4 is 0 Å². The Morgan fingerprint density at radius 1 is 1.11 bits per heavy atom. The molecular weight excluding hydrogens is 272 g/mol. The molecule has 0 heterocycles. The Morgan fingerprint density at radius 2 is 1.84 bits per heavy atom. The van der Waals surface area contributed by atoms with Gasteiger partial charge in [-0.25, -0.2) is 4.99 Å². The Morgan fingerprint density at radius 3 is 2.42 bits per heavy atom. The highest BCUT2D eigenvalue weighted by molar-refractivity contribution is 7.78. The highest BCUT2D eigenvalue weighted by Gasteiger charge is 2.10. The first kappa shape index (κ1) is 15.9. The lowest BCUT2D eigenvalue weighted by Gasteiger charge is -2.15. The van der Waals surface area contributed by atoms with Gasteiger partial charge in [0.2, 0.25) is 0 Å². The number of nitrogens with zero attached hydrogens (tertiary/aromatic N) is 2. The Labute approximate surface area is 125 Å². The first-order valence-electron chi connectivity index (χ1n) is 6.48. The smallest absolute Gasteiger partial charge is 0.0742 e. The summed E-state index contributed by atoms with van der Waals surface area (Å²) < 4.78 is 0. The Bertz CT molecular complexity index is 481. The van der Waals surface area contributed by atoms with Crippen LogP contribution >= 0.6 is 24.4 Å². The quantitative estimate of drug-likeness (QED) is 0.555. The van der Waals surface area contributed by atoms with Gasteiger partial charge in [-0.05, 0) is 61.9 Å². The van der Waals surface area contributed by atoms with E-state index in [-0.39, 0.29) is 0 Å². The van der Waals surface area contributed by atoms with Crippen molar-refractivity contribution in [2.75, 3.05) is 0 Å². The van der Waals surface area contributed by atoms with Gasteiger partial charge in [0.25, 0.3) is 0 Å². The highest BCUT2D eigenvalue weighted by Crippen LogP contribution is 2.19. The average Bonchev–Trinajstić information content (AvgIpc) is 2.41. The van der Waals surface area contributed by atoms with Crippen LogP contribution in [0.25, 0.3) is 0 Å². The number of hydrogen-bond donors (Lipinski definition) is 0. The molecule has 1 aliphatic carbocycles. The molecule has 100 valence electrons. The molecule has 1 aromatic carbocycles. The maximum absolute atomic E-state index is 4.52. The van der Waals surface area contributed by atoms with Crippen molar-refractivity contribution in [2.45, 2.75) is 45.1 Å². The molecule has 0 radical (unpaired) electrons. The van der Waals surface area contributed by atoms with Crippen LogP contribution in [0.1, 0.15) is 37.7 Å². The average molecular weight is 290 g/mol. The van der Waals surface area contributed by atoms with E-state index in [9.17, 15) is 0 Å². The third-order valence-electron chi connectivity index (χ3n) is 2.99. The topological polar surface area (TPSA) is 24.7 Å². The monoisotopic (exact) mass is 290 g/mol. The zero-order chi connectivity index (χ0) is 13.9. The number of hydrogen-bond acceptors (Lipinski definition) is 4. The lowest BCUT2D eigenvalue weighted by atomic mass is 9.96. The molecular formula is C15H18N2S2. The molecule has 2 rings (SSSR count). The second-order valence-electron chi connectivity index (χ2n) is 4.55. The third-order valence-corrected chi connectivity index (χ3v) is 3.18. The van der Waals surface area contributed by atoms with E-state index in [0.717, 1.165) is 5.69 Å². The number of rotatable bonds is 2. The summed E-state index contributed by atoms with van der Waals surface area (Å²) in [6, 6.07) is 8.32. The summed E-state index contributed by atoms with van der Waals surface area (Å²) in [6.07, 6.45) is 6.48. The number of thiocarbonyl (C=S) groups is 2. The van der Waals surface area contributed by atoms with Crippen LogP contribution in [0.15, 0.2) is 34.3 Å². The van der Waals surface area contributed by atoms with Gasteiger partial charge in [-0.2, -0.15) is 4.99 Å². The van der Waals surface area contributed by atoms with Crippen molar-refractivity contribution in [2.24, 2.45) is 9.98 Å². The summed E-state index contributed by atoms with van der Waals surface area (Å²) in [5.74, 6) is 0. The number of isothiocyanates is 2. The van der Waals surface area contributed by atoms with Gasteiger partial charge in [0, 0.05) is 0 Å². The zero-order valence-corrected chi connectivity index (χ0v) is 12.8. The summed E-state index contributed by atoms with van der Waals surface area (Å²) in [5, 5.41) is 4.77. The van der Waals surface area contributed by atoms with E-state index in [2.05, 4.69) is 44.7 Å². The molecule has 1 fully saturated rings. The van der Waals surface area contributed by atoms with E-state index in [4.69, 9.17) is 0 Å². The maximum atomic E-state index is 4.52. The summed E-state index contributed by atoms with van der Waals surface area (Å²) in [5.41, 5.74) is 2.06. The van der Waals surface area contributed by atoms with Crippen molar-refractivity contribution in [1.29, 1.82) is 0 Å². The second kappa shape index (κ2) is 9.71. The SMILES string of the molecule is Cc1cccc(N=C=S)c1.S=C=NC1CCCCC1. The Hall–Kier alpha value is -1.18. The standard InChI is InChI=1S/C8H7NS.C7H11NS/c1-7-3-2-4-8(5-7)9-6-10;9-6-8-7-4-2-1-3-5-7/h2-5H,1H3;7H,1-5H2. The third kappa shape index (κ3) is 7.09. The Kier molecular flexibility index (Phi) is 8.11. The predicted octanol–water partition coefficient (Wildman–Crippen LogP) is 5.15. The molecule has 0 unspecified atom stereocenters. The minimum absolute atomic E-state index is 0.510. The van der Waals surface area contributed by atoms with Crippen molar-refractivity contribution in [3.63, 3.8) is 0 Å². The van der Waals surface area contributed by atoms with Gasteiger partial charge >= 0.3 is 0 Å². The molecule has 0 aromatic heterocycles. The lowest BCUT2D eigenvalue weighted by Crippen LogP contribution is -2.08. The van der Waals surface area contributed by atoms with E-state index < -0.39 is 0 Å². The van der Waals surface area contributed by atoms with Crippen LogP contribution in [0.3, 0.4) is 0 Å². The van der Waals surface area contributed by atoms with Crippen molar-refractivity contribution < 1.29 is 0 Å². The van der Waals surface area contributed by atoms with Crippen molar-refractivity contribution in [1.82, 2.24) is 0 Å². The largest absolute Gasteiger partial charge is 0.229 e. The van der Waals surface area contributed by atoms with Crippen LogP contribution in [0.5, 0.6) is 0 Å². The van der Waals surface area contributed by atoms with E-state index in [1.807, 2.05) is 31.2 Å². The molecule has 1 aliphatic rings. The normalized spacial score (nSPS) is 14.4. The number of benzene rings is 1. The van der Waals surface area contributed by atoms with Gasteiger partial charge in [0.1, 0.15) is 0 Å². The number of aryl methyl sites for hydroxylation is 1. The van der Waals surface area contributed by atoms with E-state index in [1.165, 1.54) is 37.7 Å². The fourth-order valence-electron chi connectivity index (χ4n) is 2.03. The summed E-state index contributed by atoms with van der Waals surface area (Å²) in [7, 11) is 0. The molecule has 0 saturated heterocycles. The summed E-state index contributed by atoms with van der Waals surface area (Å²) in [4.78, 5) is 7.88. The van der Waals surface area contributed by atoms with Gasteiger partial charge in [-0.1, -0.05) is 31.4 Å². The highest BCUT2D eigenvalue weighted by atomic mass is 32.1. The van der Waals surface area contributed by atoms with Crippen molar-refractivity contribution >= 4 is 40.4 Å². The second-order valence-corrected chi connectivity index (χ2v) is 4.92. The molecule has 19 heavy (non-hydrogen) atoms. The first-order valence-corrected chi connectivity index (χ1v) is 7.29. The van der Waals surface area contributed by atoms with Crippen molar-refractivity contribution in [3.8, 4) is 0 Å². The van der Waals surface area contributed by atoms with Gasteiger partial charge in [0.15, 0.2) is 0 Å². The number of aliphatic imine (C=N–C) groups is 2. The van der Waals surface area contributed by atoms with E-state index >= 15 is 0 Å². The molecule has 0 spiro atoms. The van der Waals surface area contributed by atoms with Crippen LogP contribution in [0.4, 0.5) is 5.69 Å². The molecule has 2 nitrogen and oxygen atoms in total. The van der Waals surface area contributed by atoms with Crippen LogP contribution in [0.2, 0.25) is 0 Å². The zero-order valence-electron chi connectivity index (χ0n) is 11.1. The fourth-order valence-corrected chi connectivity index (χ4v) is 2.29. The molecule has 0 atom stereocenters. The van der Waals surface area contributed by atoms with E-state index in [0.29, 0.717) is 6.04 Å².